The van der Waals surface area contributed by atoms with Gasteiger partial charge in [0.2, 0.25) is 0 Å². The second-order valence-corrected chi connectivity index (χ2v) is 2.80. The van der Waals surface area contributed by atoms with Crippen LogP contribution in [0, 0.1) is 0 Å². The smallest absolute Gasteiger partial charge is 0.0869 e. The molecule has 4 N–H and O–H groups in total. The molecule has 0 radical (unpaired) electrons. The summed E-state index contributed by atoms with van der Waals surface area (Å²) in [5.41, 5.74) is 3.85. The quantitative estimate of drug-likeness (QED) is 0.510. The van der Waals surface area contributed by atoms with E-state index in [0.717, 1.165) is 26.2 Å². The van der Waals surface area contributed by atoms with Crippen LogP contribution in [0.1, 0.15) is 13.3 Å². The summed E-state index contributed by atoms with van der Waals surface area (Å²) in [4.78, 5) is 2.45. The summed E-state index contributed by atoms with van der Waals surface area (Å²) < 4.78 is 0. The summed E-state index contributed by atoms with van der Waals surface area (Å²) in [6.45, 7) is 7.81. The fraction of sp³-hybridized carbons (Fsp3) is 1.00. The molecule has 11 heavy (non-hydrogen) atoms. The van der Waals surface area contributed by atoms with Gasteiger partial charge >= 0.3 is 0 Å². The molecule has 0 saturated carbocycles. The van der Waals surface area contributed by atoms with Gasteiger partial charge in [0.1, 0.15) is 0 Å². The zero-order valence-electron chi connectivity index (χ0n) is 7.90. The number of hydrogen-bond acceptors (Lipinski definition) is 2. The summed E-state index contributed by atoms with van der Waals surface area (Å²) in [5.74, 6) is 0. The Morgan fingerprint density at radius 3 is 2.45 bits per heavy atom. The number of nitrogens with one attached hydrogen (secondary N) is 1. The maximum atomic E-state index is 3.85. The minimum Gasteiger partial charge on any atom is -0.357 e. The third-order valence-electron chi connectivity index (χ3n) is 1.69. The van der Waals surface area contributed by atoms with Gasteiger partial charge in [0.25, 0.3) is 0 Å². The van der Waals surface area contributed by atoms with Crippen LogP contribution in [0.3, 0.4) is 0 Å². The first-order chi connectivity index (χ1) is 5.35. The van der Waals surface area contributed by atoms with Crippen molar-refractivity contribution in [3.05, 3.63) is 0 Å². The number of rotatable bonds is 7. The lowest BCUT2D eigenvalue weighted by Crippen LogP contribution is -2.55. The van der Waals surface area contributed by atoms with Crippen molar-refractivity contribution < 1.29 is 5.73 Å². The van der Waals surface area contributed by atoms with E-state index >= 15 is 0 Å². The second-order valence-electron chi connectivity index (χ2n) is 2.80. The largest absolute Gasteiger partial charge is 0.357 e. The van der Waals surface area contributed by atoms with Crippen LogP contribution in [-0.2, 0) is 0 Å². The monoisotopic (exact) mass is 160 g/mol. The molecule has 0 spiro atoms. The van der Waals surface area contributed by atoms with Crippen molar-refractivity contribution in [1.82, 2.24) is 10.2 Å². The molecule has 0 aromatic carbocycles. The van der Waals surface area contributed by atoms with E-state index in [4.69, 9.17) is 0 Å². The third kappa shape index (κ3) is 6.28. The van der Waals surface area contributed by atoms with Crippen LogP contribution >= 0.6 is 0 Å². The lowest BCUT2D eigenvalue weighted by atomic mass is 10.4. The number of nitrogens with zero attached hydrogens (tertiary/aromatic N) is 1. The van der Waals surface area contributed by atoms with Crippen LogP contribution < -0.4 is 11.1 Å². The van der Waals surface area contributed by atoms with Gasteiger partial charge in [-0.2, -0.15) is 0 Å². The zero-order chi connectivity index (χ0) is 8.53. The maximum Gasteiger partial charge on any atom is 0.0869 e. The van der Waals surface area contributed by atoms with Crippen LogP contribution in [0.25, 0.3) is 0 Å². The number of hydrogen-bond donors (Lipinski definition) is 2. The fourth-order valence-electron chi connectivity index (χ4n) is 1.15. The molecule has 0 aliphatic carbocycles. The highest BCUT2D eigenvalue weighted by atomic mass is 15.1. The van der Waals surface area contributed by atoms with Crippen molar-refractivity contribution in [1.29, 1.82) is 0 Å². The van der Waals surface area contributed by atoms with Crippen molar-refractivity contribution >= 4 is 0 Å². The molecular weight excluding hydrogens is 138 g/mol. The third-order valence-corrected chi connectivity index (χ3v) is 1.69. The van der Waals surface area contributed by atoms with E-state index < -0.39 is 0 Å². The predicted octanol–water partition coefficient (Wildman–Crippen LogP) is -0.840. The lowest BCUT2D eigenvalue weighted by Gasteiger charge is -2.19. The average molecular weight is 160 g/mol. The average Bonchev–Trinajstić information content (AvgIpc) is 2.01. The Labute approximate surface area is 69.9 Å². The van der Waals surface area contributed by atoms with Gasteiger partial charge in [0.05, 0.1) is 6.54 Å². The van der Waals surface area contributed by atoms with E-state index in [9.17, 15) is 0 Å². The van der Waals surface area contributed by atoms with Crippen LogP contribution in [-0.4, -0.2) is 44.7 Å². The summed E-state index contributed by atoms with van der Waals surface area (Å²) >= 11 is 0. The SMILES string of the molecule is CCCN(CC[NH3+])CCNC. The van der Waals surface area contributed by atoms with E-state index in [2.05, 4.69) is 22.9 Å². The van der Waals surface area contributed by atoms with E-state index in [1.807, 2.05) is 7.05 Å². The van der Waals surface area contributed by atoms with Gasteiger partial charge < -0.3 is 11.1 Å². The lowest BCUT2D eigenvalue weighted by molar-refractivity contribution is -0.368. The topological polar surface area (TPSA) is 42.9 Å². The highest BCUT2D eigenvalue weighted by Crippen LogP contribution is 1.87. The molecule has 0 unspecified atom stereocenters. The molecule has 0 bridgehead atoms. The minimum atomic E-state index is 1.02. The van der Waals surface area contributed by atoms with Gasteiger partial charge in [-0.25, -0.2) is 0 Å². The van der Waals surface area contributed by atoms with Crippen LogP contribution in [0.15, 0.2) is 0 Å². The molecule has 68 valence electrons. The Hall–Kier alpha value is -0.120. The van der Waals surface area contributed by atoms with Crippen molar-refractivity contribution in [2.24, 2.45) is 0 Å². The van der Waals surface area contributed by atoms with Crippen molar-refractivity contribution in [3.63, 3.8) is 0 Å². The second kappa shape index (κ2) is 7.98. The normalized spacial score (nSPS) is 10.9. The van der Waals surface area contributed by atoms with Gasteiger partial charge in [0.15, 0.2) is 0 Å². The number of quaternary nitrogens is 1. The van der Waals surface area contributed by atoms with Crippen LogP contribution in [0.5, 0.6) is 0 Å². The van der Waals surface area contributed by atoms with Gasteiger partial charge in [-0.15, -0.1) is 0 Å². The van der Waals surface area contributed by atoms with Crippen molar-refractivity contribution in [2.75, 3.05) is 39.8 Å². The molecule has 3 heteroatoms. The Morgan fingerprint density at radius 1 is 1.27 bits per heavy atom. The molecule has 0 saturated heterocycles. The zero-order valence-corrected chi connectivity index (χ0v) is 7.90. The Balaban J connectivity index is 3.34. The van der Waals surface area contributed by atoms with Gasteiger partial charge in [0, 0.05) is 19.6 Å². The molecule has 0 aliphatic heterocycles. The molecule has 0 rings (SSSR count). The van der Waals surface area contributed by atoms with Gasteiger partial charge in [-0.05, 0) is 20.0 Å². The molecule has 0 aliphatic rings. The maximum absolute atomic E-state index is 3.85. The van der Waals surface area contributed by atoms with Gasteiger partial charge in [-0.3, -0.25) is 4.90 Å². The summed E-state index contributed by atoms with van der Waals surface area (Å²) in [5, 5.41) is 3.15. The molecule has 0 atom stereocenters. The highest BCUT2D eigenvalue weighted by Gasteiger charge is 2.00. The summed E-state index contributed by atoms with van der Waals surface area (Å²) in [7, 11) is 1.99. The molecule has 0 heterocycles. The first kappa shape index (κ1) is 10.9. The Bertz CT molecular complexity index is 69.7. The van der Waals surface area contributed by atoms with Crippen LogP contribution in [0.4, 0.5) is 0 Å². The predicted molar refractivity (Wildman–Crippen MR) is 48.4 cm³/mol. The van der Waals surface area contributed by atoms with Gasteiger partial charge in [-0.1, -0.05) is 6.92 Å². The van der Waals surface area contributed by atoms with Crippen LogP contribution in [0.2, 0.25) is 0 Å². The minimum absolute atomic E-state index is 1.02. The van der Waals surface area contributed by atoms with Crippen molar-refractivity contribution in [2.45, 2.75) is 13.3 Å². The van der Waals surface area contributed by atoms with E-state index in [1.165, 1.54) is 13.0 Å². The van der Waals surface area contributed by atoms with Crippen molar-refractivity contribution in [3.8, 4) is 0 Å². The Morgan fingerprint density at radius 2 is 2.00 bits per heavy atom. The van der Waals surface area contributed by atoms with E-state index in [-0.39, 0.29) is 0 Å². The standard InChI is InChI=1S/C8H21N3/c1-3-6-11(7-4-9)8-5-10-2/h10H,3-9H2,1-2H3/p+1. The first-order valence-corrected chi connectivity index (χ1v) is 4.51. The van der Waals surface area contributed by atoms with E-state index in [0.29, 0.717) is 0 Å². The number of likely N-dealkylation sites (N-methyl/N-ethyl adjacent to an activating group) is 1. The Kier molecular flexibility index (Phi) is 7.89. The fourth-order valence-corrected chi connectivity index (χ4v) is 1.15. The molecule has 0 amide bonds. The molecule has 0 aromatic heterocycles. The molecule has 0 aromatic rings. The first-order valence-electron chi connectivity index (χ1n) is 4.51. The summed E-state index contributed by atoms with van der Waals surface area (Å²) in [6.07, 6.45) is 1.24. The molecule has 0 fully saturated rings. The van der Waals surface area contributed by atoms with E-state index in [1.54, 1.807) is 0 Å². The summed E-state index contributed by atoms with van der Waals surface area (Å²) in [6, 6.07) is 0. The highest BCUT2D eigenvalue weighted by molar-refractivity contribution is 4.56. The molecule has 3 nitrogen and oxygen atoms in total. The molecular formula is C8H22N3+.